The van der Waals surface area contributed by atoms with Gasteiger partial charge >= 0.3 is 0 Å². The molecule has 112 valence electrons. The molecule has 0 spiro atoms. The molecule has 0 amide bonds. The predicted molar refractivity (Wildman–Crippen MR) is 84.7 cm³/mol. The first-order valence-corrected chi connectivity index (χ1v) is 7.75. The van der Waals surface area contributed by atoms with Crippen LogP contribution in [0, 0.1) is 11.3 Å². The summed E-state index contributed by atoms with van der Waals surface area (Å²) in [5.41, 5.74) is 1.48. The highest BCUT2D eigenvalue weighted by Crippen LogP contribution is 2.42. The third kappa shape index (κ3) is 3.07. The van der Waals surface area contributed by atoms with Gasteiger partial charge in [-0.25, -0.2) is 0 Å². The fourth-order valence-corrected chi connectivity index (χ4v) is 3.46. The quantitative estimate of drug-likeness (QED) is 0.828. The van der Waals surface area contributed by atoms with Crippen molar-refractivity contribution in [2.75, 3.05) is 19.7 Å². The summed E-state index contributed by atoms with van der Waals surface area (Å²) in [6.45, 7) is 15.4. The molecule has 0 N–H and O–H groups in total. The number of ether oxygens (including phenoxy) is 1. The van der Waals surface area contributed by atoms with Crippen LogP contribution in [-0.4, -0.2) is 30.2 Å². The molecule has 1 aliphatic heterocycles. The van der Waals surface area contributed by atoms with Crippen molar-refractivity contribution >= 4 is 0 Å². The van der Waals surface area contributed by atoms with E-state index >= 15 is 0 Å². The maximum Gasteiger partial charge on any atom is 0.0880 e. The Morgan fingerprint density at radius 1 is 1.20 bits per heavy atom. The SMILES string of the molecule is CC(C)C1(C(C)(C)C)CN(Cc2ccccc2)CCO1. The lowest BCUT2D eigenvalue weighted by molar-refractivity contribution is -0.191. The zero-order valence-corrected chi connectivity index (χ0v) is 13.6. The highest BCUT2D eigenvalue weighted by Gasteiger charge is 2.48. The van der Waals surface area contributed by atoms with Crippen molar-refractivity contribution in [3.63, 3.8) is 0 Å². The van der Waals surface area contributed by atoms with Crippen LogP contribution in [0.1, 0.15) is 40.2 Å². The fraction of sp³-hybridized carbons (Fsp3) is 0.667. The van der Waals surface area contributed by atoms with Gasteiger partial charge in [0.25, 0.3) is 0 Å². The van der Waals surface area contributed by atoms with Gasteiger partial charge in [0, 0.05) is 19.6 Å². The fourth-order valence-electron chi connectivity index (χ4n) is 3.46. The van der Waals surface area contributed by atoms with E-state index in [-0.39, 0.29) is 11.0 Å². The average Bonchev–Trinajstić information content (AvgIpc) is 2.38. The molecule has 1 fully saturated rings. The minimum absolute atomic E-state index is 0.0555. The van der Waals surface area contributed by atoms with E-state index in [1.165, 1.54) is 5.56 Å². The molecule has 0 saturated carbocycles. The molecule has 0 aromatic heterocycles. The first-order chi connectivity index (χ1) is 9.35. The van der Waals surface area contributed by atoms with Gasteiger partial charge in [0.1, 0.15) is 0 Å². The Balaban J connectivity index is 2.14. The summed E-state index contributed by atoms with van der Waals surface area (Å²) in [5, 5.41) is 0. The van der Waals surface area contributed by atoms with Crippen LogP contribution < -0.4 is 0 Å². The van der Waals surface area contributed by atoms with E-state index in [9.17, 15) is 0 Å². The summed E-state index contributed by atoms with van der Waals surface area (Å²) in [6, 6.07) is 10.7. The Labute approximate surface area is 124 Å². The summed E-state index contributed by atoms with van der Waals surface area (Å²) >= 11 is 0. The maximum absolute atomic E-state index is 6.32. The molecule has 1 atom stereocenters. The van der Waals surface area contributed by atoms with Gasteiger partial charge in [0.05, 0.1) is 12.2 Å². The van der Waals surface area contributed by atoms with E-state index < -0.39 is 0 Å². The van der Waals surface area contributed by atoms with E-state index in [4.69, 9.17) is 4.74 Å². The lowest BCUT2D eigenvalue weighted by Crippen LogP contribution is -2.61. The molecule has 1 unspecified atom stereocenters. The van der Waals surface area contributed by atoms with Gasteiger partial charge in [0.15, 0.2) is 0 Å². The number of hydrogen-bond acceptors (Lipinski definition) is 2. The van der Waals surface area contributed by atoms with E-state index in [1.54, 1.807) is 0 Å². The summed E-state index contributed by atoms with van der Waals surface area (Å²) in [7, 11) is 0. The molecule has 1 aromatic carbocycles. The Morgan fingerprint density at radius 2 is 1.85 bits per heavy atom. The van der Waals surface area contributed by atoms with Crippen LogP contribution in [-0.2, 0) is 11.3 Å². The zero-order chi connectivity index (χ0) is 14.8. The van der Waals surface area contributed by atoms with Crippen LogP contribution in [0.3, 0.4) is 0 Å². The van der Waals surface area contributed by atoms with Gasteiger partial charge in [-0.15, -0.1) is 0 Å². The number of benzene rings is 1. The van der Waals surface area contributed by atoms with Crippen molar-refractivity contribution in [3.05, 3.63) is 35.9 Å². The minimum atomic E-state index is -0.0555. The topological polar surface area (TPSA) is 12.5 Å². The second-order valence-corrected chi connectivity index (χ2v) is 7.34. The largest absolute Gasteiger partial charge is 0.372 e. The Bertz CT molecular complexity index is 421. The number of hydrogen-bond donors (Lipinski definition) is 0. The van der Waals surface area contributed by atoms with Gasteiger partial charge in [-0.3, -0.25) is 4.90 Å². The van der Waals surface area contributed by atoms with Crippen LogP contribution in [0.15, 0.2) is 30.3 Å². The van der Waals surface area contributed by atoms with Crippen LogP contribution in [0.4, 0.5) is 0 Å². The Kier molecular flexibility index (Phi) is 4.55. The molecule has 1 aromatic rings. The molecule has 1 saturated heterocycles. The minimum Gasteiger partial charge on any atom is -0.372 e. The van der Waals surface area contributed by atoms with E-state index in [1.807, 2.05) is 0 Å². The highest BCUT2D eigenvalue weighted by molar-refractivity contribution is 5.15. The molecular weight excluding hydrogens is 246 g/mol. The number of rotatable bonds is 3. The molecule has 2 rings (SSSR count). The second-order valence-electron chi connectivity index (χ2n) is 7.34. The molecule has 1 aliphatic rings. The predicted octanol–water partition coefficient (Wildman–Crippen LogP) is 3.96. The summed E-state index contributed by atoms with van der Waals surface area (Å²) in [5.74, 6) is 0.515. The molecule has 2 nitrogen and oxygen atoms in total. The van der Waals surface area contributed by atoms with Crippen molar-refractivity contribution in [2.24, 2.45) is 11.3 Å². The smallest absolute Gasteiger partial charge is 0.0880 e. The lowest BCUT2D eigenvalue weighted by atomic mass is 9.69. The van der Waals surface area contributed by atoms with Crippen molar-refractivity contribution in [3.8, 4) is 0 Å². The summed E-state index contributed by atoms with van der Waals surface area (Å²) in [4.78, 5) is 2.55. The van der Waals surface area contributed by atoms with Crippen LogP contribution >= 0.6 is 0 Å². The monoisotopic (exact) mass is 275 g/mol. The van der Waals surface area contributed by atoms with Crippen molar-refractivity contribution in [1.29, 1.82) is 0 Å². The molecule has 2 heteroatoms. The maximum atomic E-state index is 6.32. The summed E-state index contributed by atoms with van der Waals surface area (Å²) < 4.78 is 6.32. The van der Waals surface area contributed by atoms with Crippen LogP contribution in [0.5, 0.6) is 0 Å². The lowest BCUT2D eigenvalue weighted by Gasteiger charge is -2.53. The van der Waals surface area contributed by atoms with Crippen LogP contribution in [0.2, 0.25) is 0 Å². The molecule has 20 heavy (non-hydrogen) atoms. The highest BCUT2D eigenvalue weighted by atomic mass is 16.5. The second kappa shape index (κ2) is 5.87. The Morgan fingerprint density at radius 3 is 2.40 bits per heavy atom. The average molecular weight is 275 g/mol. The first-order valence-electron chi connectivity index (χ1n) is 7.75. The van der Waals surface area contributed by atoms with Gasteiger partial charge < -0.3 is 4.74 Å². The zero-order valence-electron chi connectivity index (χ0n) is 13.6. The molecular formula is C18H29NO. The van der Waals surface area contributed by atoms with Gasteiger partial charge in [0.2, 0.25) is 0 Å². The number of morpholine rings is 1. The van der Waals surface area contributed by atoms with Crippen LogP contribution in [0.25, 0.3) is 0 Å². The van der Waals surface area contributed by atoms with E-state index in [2.05, 4.69) is 69.9 Å². The van der Waals surface area contributed by atoms with E-state index in [0.717, 1.165) is 26.2 Å². The normalized spacial score (nSPS) is 25.1. The molecule has 0 radical (unpaired) electrons. The van der Waals surface area contributed by atoms with Gasteiger partial charge in [-0.2, -0.15) is 0 Å². The summed E-state index contributed by atoms with van der Waals surface area (Å²) in [6.07, 6.45) is 0. The first kappa shape index (κ1) is 15.5. The van der Waals surface area contributed by atoms with Gasteiger partial charge in [-0.1, -0.05) is 65.0 Å². The molecule has 0 bridgehead atoms. The third-order valence-electron chi connectivity index (χ3n) is 4.68. The Hall–Kier alpha value is -0.860. The van der Waals surface area contributed by atoms with Gasteiger partial charge in [-0.05, 0) is 16.9 Å². The molecule has 1 heterocycles. The number of nitrogens with zero attached hydrogens (tertiary/aromatic N) is 1. The van der Waals surface area contributed by atoms with Crippen molar-refractivity contribution in [1.82, 2.24) is 4.90 Å². The third-order valence-corrected chi connectivity index (χ3v) is 4.68. The van der Waals surface area contributed by atoms with Crippen molar-refractivity contribution < 1.29 is 4.74 Å². The van der Waals surface area contributed by atoms with E-state index in [0.29, 0.717) is 5.92 Å². The van der Waals surface area contributed by atoms with Crippen molar-refractivity contribution in [2.45, 2.75) is 46.8 Å². The standard InChI is InChI=1S/C18H29NO/c1-15(2)18(17(3,4)5)14-19(11-12-20-18)13-16-9-7-6-8-10-16/h6-10,15H,11-14H2,1-5H3. The molecule has 0 aliphatic carbocycles.